The van der Waals surface area contributed by atoms with Gasteiger partial charge in [-0.15, -0.1) is 0 Å². The van der Waals surface area contributed by atoms with Crippen LogP contribution < -0.4 is 5.32 Å². The molecule has 1 fully saturated rings. The Hall–Kier alpha value is -2.90. The summed E-state index contributed by atoms with van der Waals surface area (Å²) in [4.78, 5) is 38.0. The van der Waals surface area contributed by atoms with Crippen LogP contribution in [0.4, 0.5) is 9.18 Å². The third kappa shape index (κ3) is 7.70. The number of benzene rings is 1. The third-order valence-corrected chi connectivity index (χ3v) is 4.82. The minimum atomic E-state index is -0.986. The normalized spacial score (nSPS) is 17.8. The Morgan fingerprint density at radius 3 is 2.55 bits per heavy atom. The second-order valence-corrected chi connectivity index (χ2v) is 8.45. The minimum absolute atomic E-state index is 0.200. The van der Waals surface area contributed by atoms with E-state index < -0.39 is 35.6 Å². The number of nitrogens with zero attached hydrogens (tertiary/aromatic N) is 1. The number of esters is 1. The summed E-state index contributed by atoms with van der Waals surface area (Å²) in [5, 5.41) is 2.55. The highest BCUT2D eigenvalue weighted by atomic mass is 19.1. The molecule has 1 aliphatic heterocycles. The number of likely N-dealkylation sites (tertiary alicyclic amines) is 1. The second kappa shape index (κ2) is 10.9. The van der Waals surface area contributed by atoms with Crippen molar-refractivity contribution in [3.63, 3.8) is 0 Å². The van der Waals surface area contributed by atoms with Crippen molar-refractivity contribution >= 4 is 18.0 Å². The number of ether oxygens (including phenoxy) is 2. The van der Waals surface area contributed by atoms with Crippen molar-refractivity contribution in [2.75, 3.05) is 13.7 Å². The summed E-state index contributed by atoms with van der Waals surface area (Å²) in [6, 6.07) is 7.53. The van der Waals surface area contributed by atoms with Crippen molar-refractivity contribution in [3.05, 3.63) is 47.8 Å². The Morgan fingerprint density at radius 1 is 1.26 bits per heavy atom. The smallest absolute Gasteiger partial charge is 0.408 e. The van der Waals surface area contributed by atoms with Crippen LogP contribution >= 0.6 is 0 Å². The Labute approximate surface area is 182 Å². The van der Waals surface area contributed by atoms with E-state index in [0.29, 0.717) is 19.4 Å². The maximum absolute atomic E-state index is 15.0. The van der Waals surface area contributed by atoms with Crippen molar-refractivity contribution in [3.8, 4) is 0 Å². The second-order valence-electron chi connectivity index (χ2n) is 8.45. The minimum Gasteiger partial charge on any atom is -0.467 e. The van der Waals surface area contributed by atoms with Gasteiger partial charge in [-0.3, -0.25) is 4.79 Å². The van der Waals surface area contributed by atoms with E-state index in [-0.39, 0.29) is 18.7 Å². The van der Waals surface area contributed by atoms with Gasteiger partial charge >= 0.3 is 12.1 Å². The van der Waals surface area contributed by atoms with Crippen LogP contribution in [0.25, 0.3) is 0 Å². The van der Waals surface area contributed by atoms with Gasteiger partial charge in [0, 0.05) is 13.0 Å². The standard InChI is InChI=1S/C23H31FN2O5/c1-23(2,3)31-22(29)25-18(15-16-9-6-5-7-10-16)17(24)12-13-20(27)26-14-8-11-19(26)21(28)30-4/h5-7,9-10,12,18-19H,8,11,13-15H2,1-4H3,(H,25,29)/b17-12-/t18-,19-/m0/s1. The fourth-order valence-electron chi connectivity index (χ4n) is 3.41. The van der Waals surface area contributed by atoms with Gasteiger partial charge in [-0.2, -0.15) is 0 Å². The number of methoxy groups -OCH3 is 1. The Kier molecular flexibility index (Phi) is 8.59. The molecular formula is C23H31FN2O5. The number of alkyl carbamates (subject to hydrolysis) is 1. The van der Waals surface area contributed by atoms with Gasteiger partial charge < -0.3 is 19.7 Å². The number of halogens is 1. The zero-order chi connectivity index (χ0) is 23.0. The predicted octanol–water partition coefficient (Wildman–Crippen LogP) is 3.53. The van der Waals surface area contributed by atoms with Crippen LogP contribution in [0.1, 0.15) is 45.6 Å². The van der Waals surface area contributed by atoms with E-state index in [0.717, 1.165) is 11.6 Å². The van der Waals surface area contributed by atoms with Crippen molar-refractivity contribution in [2.45, 2.75) is 64.1 Å². The van der Waals surface area contributed by atoms with E-state index >= 15 is 4.39 Å². The molecule has 2 atom stereocenters. The van der Waals surface area contributed by atoms with Gasteiger partial charge in [0.25, 0.3) is 0 Å². The van der Waals surface area contributed by atoms with E-state index in [1.807, 2.05) is 30.3 Å². The zero-order valence-electron chi connectivity index (χ0n) is 18.5. The summed E-state index contributed by atoms with van der Waals surface area (Å²) >= 11 is 0. The molecule has 0 bridgehead atoms. The van der Waals surface area contributed by atoms with Crippen LogP contribution in [0.15, 0.2) is 42.2 Å². The summed E-state index contributed by atoms with van der Waals surface area (Å²) in [6.07, 6.45) is 1.61. The first kappa shape index (κ1) is 24.4. The van der Waals surface area contributed by atoms with Crippen LogP contribution in [-0.4, -0.2) is 54.2 Å². The fraction of sp³-hybridized carbons (Fsp3) is 0.522. The van der Waals surface area contributed by atoms with Crippen molar-refractivity contribution in [1.29, 1.82) is 0 Å². The molecule has 0 aromatic heterocycles. The Bertz CT molecular complexity index is 804. The van der Waals surface area contributed by atoms with Crippen molar-refractivity contribution in [2.24, 2.45) is 0 Å². The van der Waals surface area contributed by atoms with Gasteiger partial charge in [0.05, 0.1) is 13.2 Å². The Morgan fingerprint density at radius 2 is 1.94 bits per heavy atom. The van der Waals surface area contributed by atoms with Crippen LogP contribution in [-0.2, 0) is 25.5 Å². The SMILES string of the molecule is COC(=O)[C@@H]1CCCN1C(=O)C/C=C(\F)[C@H](Cc1ccccc1)NC(=O)OC(C)(C)C. The zero-order valence-corrected chi connectivity index (χ0v) is 18.5. The molecule has 31 heavy (non-hydrogen) atoms. The summed E-state index contributed by atoms with van der Waals surface area (Å²) in [5.74, 6) is -1.47. The summed E-state index contributed by atoms with van der Waals surface area (Å²) in [7, 11) is 1.28. The van der Waals surface area contributed by atoms with E-state index in [9.17, 15) is 14.4 Å². The number of carbonyl (C=O) groups is 3. The van der Waals surface area contributed by atoms with Crippen molar-refractivity contribution in [1.82, 2.24) is 10.2 Å². The molecular weight excluding hydrogens is 403 g/mol. The molecule has 1 aromatic rings. The quantitative estimate of drug-likeness (QED) is 0.664. The fourth-order valence-corrected chi connectivity index (χ4v) is 3.41. The average Bonchev–Trinajstić information content (AvgIpc) is 3.20. The molecule has 1 N–H and O–H groups in total. The van der Waals surface area contributed by atoms with Crippen molar-refractivity contribution < 1.29 is 28.2 Å². The molecule has 1 aromatic carbocycles. The summed E-state index contributed by atoms with van der Waals surface area (Å²) in [6.45, 7) is 5.59. The highest BCUT2D eigenvalue weighted by Crippen LogP contribution is 2.21. The monoisotopic (exact) mass is 434 g/mol. The van der Waals surface area contributed by atoms with Crippen LogP contribution in [0.5, 0.6) is 0 Å². The largest absolute Gasteiger partial charge is 0.467 e. The number of hydrogen-bond acceptors (Lipinski definition) is 5. The van der Waals surface area contributed by atoms with Gasteiger partial charge in [0.2, 0.25) is 5.91 Å². The average molecular weight is 435 g/mol. The third-order valence-electron chi connectivity index (χ3n) is 4.82. The van der Waals surface area contributed by atoms with E-state index in [1.165, 1.54) is 12.0 Å². The lowest BCUT2D eigenvalue weighted by molar-refractivity contribution is -0.150. The van der Waals surface area contributed by atoms with Gasteiger partial charge in [0.1, 0.15) is 17.5 Å². The lowest BCUT2D eigenvalue weighted by Crippen LogP contribution is -2.41. The number of nitrogens with one attached hydrogen (secondary N) is 1. The van der Waals surface area contributed by atoms with Crippen LogP contribution in [0, 0.1) is 0 Å². The highest BCUT2D eigenvalue weighted by molar-refractivity contribution is 5.85. The van der Waals surface area contributed by atoms with Crippen LogP contribution in [0.3, 0.4) is 0 Å². The molecule has 1 saturated heterocycles. The van der Waals surface area contributed by atoms with Gasteiger partial charge in [-0.25, -0.2) is 14.0 Å². The topological polar surface area (TPSA) is 84.9 Å². The number of amides is 2. The molecule has 2 rings (SSSR count). The molecule has 2 amide bonds. The number of carbonyl (C=O) groups excluding carboxylic acids is 3. The molecule has 0 aliphatic carbocycles. The number of rotatable bonds is 7. The van der Waals surface area contributed by atoms with E-state index in [2.05, 4.69) is 5.32 Å². The molecule has 0 spiro atoms. The van der Waals surface area contributed by atoms with Crippen LogP contribution in [0.2, 0.25) is 0 Å². The first-order valence-corrected chi connectivity index (χ1v) is 10.4. The lowest BCUT2D eigenvalue weighted by Gasteiger charge is -2.24. The maximum atomic E-state index is 15.0. The molecule has 7 nitrogen and oxygen atoms in total. The Balaban J connectivity index is 2.10. The molecule has 0 radical (unpaired) electrons. The molecule has 1 aliphatic rings. The maximum Gasteiger partial charge on any atom is 0.408 e. The molecule has 0 unspecified atom stereocenters. The van der Waals surface area contributed by atoms with E-state index in [4.69, 9.17) is 9.47 Å². The molecule has 1 heterocycles. The molecule has 0 saturated carbocycles. The first-order chi connectivity index (χ1) is 14.6. The highest BCUT2D eigenvalue weighted by Gasteiger charge is 2.34. The van der Waals surface area contributed by atoms with Gasteiger partial charge in [-0.1, -0.05) is 30.3 Å². The predicted molar refractivity (Wildman–Crippen MR) is 114 cm³/mol. The van der Waals surface area contributed by atoms with Gasteiger partial charge in [0.15, 0.2) is 0 Å². The summed E-state index contributed by atoms with van der Waals surface area (Å²) < 4.78 is 25.0. The molecule has 8 heteroatoms. The lowest BCUT2D eigenvalue weighted by atomic mass is 10.0. The molecule has 170 valence electrons. The number of hydrogen-bond donors (Lipinski definition) is 1. The van der Waals surface area contributed by atoms with Gasteiger partial charge in [-0.05, 0) is 51.7 Å². The first-order valence-electron chi connectivity index (χ1n) is 10.4. The van der Waals surface area contributed by atoms with E-state index in [1.54, 1.807) is 20.8 Å². The summed E-state index contributed by atoms with van der Waals surface area (Å²) in [5.41, 5.74) is 0.0969.